The lowest BCUT2D eigenvalue weighted by atomic mass is 9.91. The minimum atomic E-state index is -0.692. The van der Waals surface area contributed by atoms with Crippen LogP contribution in [0.3, 0.4) is 0 Å². The quantitative estimate of drug-likeness (QED) is 0.178. The van der Waals surface area contributed by atoms with Crippen LogP contribution >= 0.6 is 0 Å². The number of rotatable bonds is 7. The van der Waals surface area contributed by atoms with E-state index in [-0.39, 0.29) is 34.1 Å². The van der Waals surface area contributed by atoms with Crippen molar-refractivity contribution < 1.29 is 47.7 Å². The van der Waals surface area contributed by atoms with Gasteiger partial charge in [-0.25, -0.2) is 0 Å². The maximum atomic E-state index is 12.0. The first-order valence-corrected chi connectivity index (χ1v) is 11.9. The van der Waals surface area contributed by atoms with Crippen molar-refractivity contribution in [1.82, 2.24) is 0 Å². The Morgan fingerprint density at radius 3 is 1.15 bits per heavy atom. The van der Waals surface area contributed by atoms with E-state index >= 15 is 0 Å². The van der Waals surface area contributed by atoms with Crippen LogP contribution in [0.25, 0.3) is 32.7 Å². The van der Waals surface area contributed by atoms with Crippen molar-refractivity contribution in [3.05, 3.63) is 59.7 Å². The monoisotopic (exact) mass is 542 g/mol. The van der Waals surface area contributed by atoms with Gasteiger partial charge in [0.25, 0.3) is 0 Å². The molecule has 0 saturated carbocycles. The van der Waals surface area contributed by atoms with Crippen LogP contribution < -0.4 is 18.9 Å². The molecule has 0 atom stereocenters. The predicted molar refractivity (Wildman–Crippen MR) is 143 cm³/mol. The van der Waals surface area contributed by atoms with E-state index in [9.17, 15) is 28.8 Å². The Labute approximate surface area is 227 Å². The first-order chi connectivity index (χ1) is 19.0. The molecule has 0 unspecified atom stereocenters. The van der Waals surface area contributed by atoms with E-state index in [4.69, 9.17) is 18.9 Å². The number of benzene rings is 4. The largest absolute Gasteiger partial charge is 0.423 e. The lowest BCUT2D eigenvalue weighted by Crippen LogP contribution is -2.09. The van der Waals surface area contributed by atoms with Crippen molar-refractivity contribution in [2.75, 3.05) is 0 Å². The van der Waals surface area contributed by atoms with Crippen molar-refractivity contribution in [3.63, 3.8) is 0 Å². The number of aldehydes is 2. The molecule has 0 spiro atoms. The summed E-state index contributed by atoms with van der Waals surface area (Å²) in [6.07, 6.45) is 1.26. The number of carbonyl (C=O) groups excluding carboxylic acids is 6. The molecule has 0 saturated heterocycles. The van der Waals surface area contributed by atoms with Gasteiger partial charge in [-0.2, -0.15) is 0 Å². The molecule has 0 aromatic heterocycles. The van der Waals surface area contributed by atoms with Crippen LogP contribution in [0.4, 0.5) is 0 Å². The van der Waals surface area contributed by atoms with E-state index < -0.39 is 23.9 Å². The molecule has 4 aromatic carbocycles. The zero-order valence-corrected chi connectivity index (χ0v) is 21.9. The van der Waals surface area contributed by atoms with Crippen LogP contribution in [0, 0.1) is 0 Å². The standard InChI is InChI=1S/C30H22O10/c1-15(33)37-27-11-25(23-9-19(13-31)5-7-21(23)29(27)39-17(3)35)26-12-28(38-16(2)34)30(40-18(4)36)22-8-6-20(14-32)10-24(22)26/h5-14H,1-4H3. The lowest BCUT2D eigenvalue weighted by Gasteiger charge is -2.19. The summed E-state index contributed by atoms with van der Waals surface area (Å²) < 4.78 is 21.6. The van der Waals surface area contributed by atoms with E-state index in [2.05, 4.69) is 0 Å². The third-order valence-electron chi connectivity index (χ3n) is 5.72. The van der Waals surface area contributed by atoms with Gasteiger partial charge in [-0.1, -0.05) is 12.1 Å². The number of hydrogen-bond acceptors (Lipinski definition) is 10. The molecule has 0 bridgehead atoms. The fraction of sp³-hybridized carbons (Fsp3) is 0.133. The second kappa shape index (κ2) is 11.2. The van der Waals surface area contributed by atoms with E-state index in [0.29, 0.717) is 45.2 Å². The Morgan fingerprint density at radius 1 is 0.500 bits per heavy atom. The number of hydrogen-bond donors (Lipinski definition) is 0. The summed E-state index contributed by atoms with van der Waals surface area (Å²) in [7, 11) is 0. The molecule has 0 N–H and O–H groups in total. The highest BCUT2D eigenvalue weighted by atomic mass is 16.6. The summed E-state index contributed by atoms with van der Waals surface area (Å²) >= 11 is 0. The maximum Gasteiger partial charge on any atom is 0.308 e. The van der Waals surface area contributed by atoms with E-state index in [1.165, 1.54) is 64.1 Å². The Balaban J connectivity index is 2.23. The van der Waals surface area contributed by atoms with Crippen LogP contribution in [0.1, 0.15) is 48.4 Å². The first kappa shape index (κ1) is 27.6. The third kappa shape index (κ3) is 5.56. The molecule has 0 aliphatic carbocycles. The molecular weight excluding hydrogens is 520 g/mol. The minimum absolute atomic E-state index is 0.0477. The van der Waals surface area contributed by atoms with Crippen LogP contribution in [0.15, 0.2) is 48.5 Å². The van der Waals surface area contributed by atoms with Crippen molar-refractivity contribution >= 4 is 58.0 Å². The normalized spacial score (nSPS) is 10.6. The fourth-order valence-electron chi connectivity index (χ4n) is 4.33. The molecule has 40 heavy (non-hydrogen) atoms. The molecule has 0 aliphatic rings. The van der Waals surface area contributed by atoms with E-state index in [1.54, 1.807) is 12.1 Å². The van der Waals surface area contributed by atoms with Gasteiger partial charge in [0.05, 0.1) is 0 Å². The zero-order chi connectivity index (χ0) is 29.1. The molecule has 10 heteroatoms. The minimum Gasteiger partial charge on any atom is -0.423 e. The van der Waals surface area contributed by atoms with Crippen molar-refractivity contribution in [2.24, 2.45) is 0 Å². The van der Waals surface area contributed by atoms with Crippen LogP contribution in [-0.2, 0) is 19.2 Å². The van der Waals surface area contributed by atoms with Gasteiger partial charge in [-0.05, 0) is 58.3 Å². The molecule has 0 amide bonds. The van der Waals surface area contributed by atoms with Gasteiger partial charge in [-0.3, -0.25) is 28.8 Å². The molecular formula is C30H22O10. The summed E-state index contributed by atoms with van der Waals surface area (Å²) in [6.45, 7) is 4.72. The van der Waals surface area contributed by atoms with Crippen LogP contribution in [-0.4, -0.2) is 36.4 Å². The first-order valence-electron chi connectivity index (χ1n) is 11.9. The molecule has 10 nitrogen and oxygen atoms in total. The van der Waals surface area contributed by atoms with Gasteiger partial charge in [0.1, 0.15) is 12.6 Å². The van der Waals surface area contributed by atoms with Crippen molar-refractivity contribution in [2.45, 2.75) is 27.7 Å². The second-order valence-corrected chi connectivity index (χ2v) is 8.72. The summed E-state index contributed by atoms with van der Waals surface area (Å²) in [5, 5.41) is 1.46. The fourth-order valence-corrected chi connectivity index (χ4v) is 4.33. The summed E-state index contributed by atoms with van der Waals surface area (Å²) in [5.74, 6) is -3.02. The predicted octanol–water partition coefficient (Wildman–Crippen LogP) is 4.99. The van der Waals surface area contributed by atoms with Gasteiger partial charge in [0, 0.05) is 49.6 Å². The smallest absolute Gasteiger partial charge is 0.308 e. The number of fused-ring (bicyclic) bond motifs is 2. The van der Waals surface area contributed by atoms with Crippen molar-refractivity contribution in [1.29, 1.82) is 0 Å². The van der Waals surface area contributed by atoms with Gasteiger partial charge in [0.15, 0.2) is 23.0 Å². The number of esters is 4. The highest BCUT2D eigenvalue weighted by molar-refractivity contribution is 6.12. The van der Waals surface area contributed by atoms with E-state index in [0.717, 1.165) is 0 Å². The summed E-state index contributed by atoms with van der Waals surface area (Å²) in [4.78, 5) is 71.3. The van der Waals surface area contributed by atoms with Gasteiger partial charge in [0.2, 0.25) is 0 Å². The Morgan fingerprint density at radius 2 is 0.850 bits per heavy atom. The highest BCUT2D eigenvalue weighted by Gasteiger charge is 2.24. The van der Waals surface area contributed by atoms with E-state index in [1.807, 2.05) is 0 Å². The number of carbonyl (C=O) groups is 6. The molecule has 0 radical (unpaired) electrons. The maximum absolute atomic E-state index is 12.0. The van der Waals surface area contributed by atoms with Crippen LogP contribution in [0.5, 0.6) is 23.0 Å². The van der Waals surface area contributed by atoms with Gasteiger partial charge < -0.3 is 18.9 Å². The van der Waals surface area contributed by atoms with Gasteiger partial charge in [-0.15, -0.1) is 0 Å². The van der Waals surface area contributed by atoms with Gasteiger partial charge >= 0.3 is 23.9 Å². The average Bonchev–Trinajstić information content (AvgIpc) is 2.89. The third-order valence-corrected chi connectivity index (χ3v) is 5.72. The molecule has 202 valence electrons. The van der Waals surface area contributed by atoms with Crippen molar-refractivity contribution in [3.8, 4) is 34.1 Å². The lowest BCUT2D eigenvalue weighted by molar-refractivity contribution is -0.134. The summed E-state index contributed by atoms with van der Waals surface area (Å²) in [5.41, 5.74) is 1.30. The Bertz CT molecular complexity index is 1620. The molecule has 0 fully saturated rings. The Hall–Kier alpha value is -5.38. The summed E-state index contributed by atoms with van der Waals surface area (Å²) in [6, 6.07) is 12.0. The highest BCUT2D eigenvalue weighted by Crippen LogP contribution is 2.48. The molecule has 0 aliphatic heterocycles. The Kier molecular flexibility index (Phi) is 7.71. The SMILES string of the molecule is CC(=O)Oc1cc(-c2cc(OC(C)=O)c(OC(C)=O)c3ccc(C=O)cc23)c2cc(C=O)ccc2c1OC(C)=O. The average molecular weight is 542 g/mol. The topological polar surface area (TPSA) is 139 Å². The molecule has 4 rings (SSSR count). The van der Waals surface area contributed by atoms with Crippen LogP contribution in [0.2, 0.25) is 0 Å². The number of ether oxygens (including phenoxy) is 4. The second-order valence-electron chi connectivity index (χ2n) is 8.72. The molecule has 4 aromatic rings. The zero-order valence-electron chi connectivity index (χ0n) is 21.9. The molecule has 0 heterocycles.